The number of rotatable bonds is 2. The maximum absolute atomic E-state index is 6.05. The Balaban J connectivity index is 2.48. The van der Waals surface area contributed by atoms with Crippen LogP contribution < -0.4 is 5.73 Å². The smallest absolute Gasteiger partial charge is 0.150 e. The number of nitrogens with zero attached hydrogens (tertiary/aromatic N) is 1. The highest BCUT2D eigenvalue weighted by Gasteiger charge is 2.09. The number of nitrogens with two attached hydrogens (primary N) is 1. The van der Waals surface area contributed by atoms with Crippen LogP contribution in [0.1, 0.15) is 5.76 Å². The second-order valence-electron chi connectivity index (χ2n) is 3.01. The Hall–Kier alpha value is -0.840. The lowest BCUT2D eigenvalue weighted by Crippen LogP contribution is -1.92. The van der Waals surface area contributed by atoms with Gasteiger partial charge in [-0.15, -0.1) is 0 Å². The van der Waals surface area contributed by atoms with E-state index < -0.39 is 0 Å². The van der Waals surface area contributed by atoms with Gasteiger partial charge in [0, 0.05) is 16.1 Å². The lowest BCUT2D eigenvalue weighted by molar-refractivity contribution is 0.387. The van der Waals surface area contributed by atoms with Gasteiger partial charge in [-0.25, -0.2) is 0 Å². The Morgan fingerprint density at radius 1 is 1.40 bits per heavy atom. The van der Waals surface area contributed by atoms with Crippen molar-refractivity contribution in [2.75, 3.05) is 0 Å². The molecule has 0 spiro atoms. The van der Waals surface area contributed by atoms with Crippen LogP contribution in [0.3, 0.4) is 0 Å². The summed E-state index contributed by atoms with van der Waals surface area (Å²) in [5, 5.41) is 4.53. The molecule has 0 saturated carbocycles. The van der Waals surface area contributed by atoms with Crippen molar-refractivity contribution in [2.24, 2.45) is 5.73 Å². The van der Waals surface area contributed by atoms with Crippen LogP contribution >= 0.6 is 27.5 Å². The fraction of sp³-hybridized carbons (Fsp3) is 0.100. The van der Waals surface area contributed by atoms with Gasteiger partial charge in [0.15, 0.2) is 5.76 Å². The predicted molar refractivity (Wildman–Crippen MR) is 62.5 cm³/mol. The molecule has 0 bridgehead atoms. The molecule has 2 rings (SSSR count). The van der Waals surface area contributed by atoms with E-state index in [4.69, 9.17) is 21.9 Å². The van der Waals surface area contributed by atoms with Gasteiger partial charge in [-0.05, 0) is 18.2 Å². The highest BCUT2D eigenvalue weighted by Crippen LogP contribution is 2.30. The van der Waals surface area contributed by atoms with E-state index in [0.29, 0.717) is 23.0 Å². The zero-order valence-corrected chi connectivity index (χ0v) is 10.0. The van der Waals surface area contributed by atoms with Crippen molar-refractivity contribution in [1.82, 2.24) is 5.16 Å². The SMILES string of the molecule is NCc1cc(-c2cc(Br)ccc2Cl)no1. The summed E-state index contributed by atoms with van der Waals surface area (Å²) >= 11 is 9.43. The van der Waals surface area contributed by atoms with Gasteiger partial charge in [0.1, 0.15) is 5.69 Å². The maximum Gasteiger partial charge on any atom is 0.150 e. The summed E-state index contributed by atoms with van der Waals surface area (Å²) in [7, 11) is 0. The second-order valence-corrected chi connectivity index (χ2v) is 4.33. The predicted octanol–water partition coefficient (Wildman–Crippen LogP) is 3.22. The summed E-state index contributed by atoms with van der Waals surface area (Å²) in [5.74, 6) is 0.640. The zero-order chi connectivity index (χ0) is 10.8. The zero-order valence-electron chi connectivity index (χ0n) is 7.71. The second kappa shape index (κ2) is 4.35. The molecule has 0 aliphatic carbocycles. The summed E-state index contributed by atoms with van der Waals surface area (Å²) in [6.45, 7) is 0.332. The van der Waals surface area contributed by atoms with Crippen molar-refractivity contribution in [3.05, 3.63) is 39.5 Å². The van der Waals surface area contributed by atoms with Crippen molar-refractivity contribution in [1.29, 1.82) is 0 Å². The summed E-state index contributed by atoms with van der Waals surface area (Å²) < 4.78 is 5.96. The summed E-state index contributed by atoms with van der Waals surface area (Å²) in [6.07, 6.45) is 0. The molecule has 15 heavy (non-hydrogen) atoms. The van der Waals surface area contributed by atoms with Crippen molar-refractivity contribution in [3.63, 3.8) is 0 Å². The summed E-state index contributed by atoms with van der Waals surface area (Å²) in [5.41, 5.74) is 6.96. The highest BCUT2D eigenvalue weighted by atomic mass is 79.9. The maximum atomic E-state index is 6.05. The summed E-state index contributed by atoms with van der Waals surface area (Å²) in [4.78, 5) is 0. The van der Waals surface area contributed by atoms with Crippen LogP contribution in [0.4, 0.5) is 0 Å². The van der Waals surface area contributed by atoms with E-state index in [-0.39, 0.29) is 0 Å². The molecular weight excluding hydrogens is 279 g/mol. The van der Waals surface area contributed by atoms with Gasteiger partial charge >= 0.3 is 0 Å². The highest BCUT2D eigenvalue weighted by molar-refractivity contribution is 9.10. The molecule has 2 aromatic rings. The lowest BCUT2D eigenvalue weighted by Gasteiger charge is -1.99. The van der Waals surface area contributed by atoms with Crippen LogP contribution in [0.5, 0.6) is 0 Å². The molecule has 0 unspecified atom stereocenters. The lowest BCUT2D eigenvalue weighted by atomic mass is 10.1. The van der Waals surface area contributed by atoms with Crippen molar-refractivity contribution in [3.8, 4) is 11.3 Å². The Labute approximate surface area is 100 Å². The van der Waals surface area contributed by atoms with E-state index in [0.717, 1.165) is 10.0 Å². The van der Waals surface area contributed by atoms with E-state index in [2.05, 4.69) is 21.1 Å². The third kappa shape index (κ3) is 2.22. The van der Waals surface area contributed by atoms with Gasteiger partial charge in [-0.3, -0.25) is 0 Å². The van der Waals surface area contributed by atoms with Gasteiger partial charge in [-0.2, -0.15) is 0 Å². The molecule has 0 aliphatic heterocycles. The van der Waals surface area contributed by atoms with E-state index in [1.54, 1.807) is 12.1 Å². The molecule has 5 heteroatoms. The molecule has 1 aromatic carbocycles. The van der Waals surface area contributed by atoms with Crippen molar-refractivity contribution < 1.29 is 4.52 Å². The third-order valence-electron chi connectivity index (χ3n) is 1.96. The monoisotopic (exact) mass is 286 g/mol. The van der Waals surface area contributed by atoms with Gasteiger partial charge in [0.2, 0.25) is 0 Å². The number of halogens is 2. The van der Waals surface area contributed by atoms with Crippen LogP contribution in [0.25, 0.3) is 11.3 Å². The van der Waals surface area contributed by atoms with Gasteiger partial charge < -0.3 is 10.3 Å². The van der Waals surface area contributed by atoms with E-state index in [9.17, 15) is 0 Å². The molecule has 0 saturated heterocycles. The molecule has 0 fully saturated rings. The molecule has 1 aromatic heterocycles. The van der Waals surface area contributed by atoms with Crippen LogP contribution in [0.2, 0.25) is 5.02 Å². The van der Waals surface area contributed by atoms with Gasteiger partial charge in [-0.1, -0.05) is 32.7 Å². The molecular formula is C10H8BrClN2O. The fourth-order valence-corrected chi connectivity index (χ4v) is 1.81. The minimum absolute atomic E-state index is 0.332. The number of aromatic nitrogens is 1. The first-order chi connectivity index (χ1) is 7.20. The van der Waals surface area contributed by atoms with Crippen LogP contribution in [-0.4, -0.2) is 5.16 Å². The van der Waals surface area contributed by atoms with E-state index >= 15 is 0 Å². The Bertz CT molecular complexity index is 484. The topological polar surface area (TPSA) is 52.0 Å². The van der Waals surface area contributed by atoms with Crippen LogP contribution in [0, 0.1) is 0 Å². The third-order valence-corrected chi connectivity index (χ3v) is 2.79. The minimum Gasteiger partial charge on any atom is -0.359 e. The van der Waals surface area contributed by atoms with E-state index in [1.165, 1.54) is 0 Å². The molecule has 0 radical (unpaired) electrons. The van der Waals surface area contributed by atoms with Gasteiger partial charge in [0.05, 0.1) is 11.6 Å². The quantitative estimate of drug-likeness (QED) is 0.922. The first-order valence-corrected chi connectivity index (χ1v) is 5.49. The first-order valence-electron chi connectivity index (χ1n) is 4.32. The normalized spacial score (nSPS) is 10.6. The Morgan fingerprint density at radius 3 is 2.87 bits per heavy atom. The molecule has 3 nitrogen and oxygen atoms in total. The molecule has 1 heterocycles. The average molecular weight is 288 g/mol. The summed E-state index contributed by atoms with van der Waals surface area (Å²) in [6, 6.07) is 7.35. The number of hydrogen-bond acceptors (Lipinski definition) is 3. The Morgan fingerprint density at radius 2 is 2.20 bits per heavy atom. The molecule has 0 aliphatic rings. The van der Waals surface area contributed by atoms with Crippen molar-refractivity contribution in [2.45, 2.75) is 6.54 Å². The average Bonchev–Trinajstić information content (AvgIpc) is 2.70. The van der Waals surface area contributed by atoms with Gasteiger partial charge in [0.25, 0.3) is 0 Å². The van der Waals surface area contributed by atoms with Crippen LogP contribution in [-0.2, 0) is 6.54 Å². The molecule has 0 atom stereocenters. The number of hydrogen-bond donors (Lipinski definition) is 1. The number of benzene rings is 1. The van der Waals surface area contributed by atoms with Crippen LogP contribution in [0.15, 0.2) is 33.3 Å². The molecule has 0 amide bonds. The molecule has 78 valence electrons. The van der Waals surface area contributed by atoms with E-state index in [1.807, 2.05) is 12.1 Å². The molecule has 2 N–H and O–H groups in total. The fourth-order valence-electron chi connectivity index (χ4n) is 1.23. The minimum atomic E-state index is 0.332. The Kier molecular flexibility index (Phi) is 3.09. The largest absolute Gasteiger partial charge is 0.359 e. The van der Waals surface area contributed by atoms with Crippen molar-refractivity contribution >= 4 is 27.5 Å². The standard InChI is InChI=1S/C10H8BrClN2O/c11-6-1-2-9(12)8(3-6)10-4-7(5-13)15-14-10/h1-4H,5,13H2. The first kappa shape index (κ1) is 10.7.